The average Bonchev–Trinajstić information content (AvgIpc) is 2.07. The molecular formula is C10H8N2. The van der Waals surface area contributed by atoms with Gasteiger partial charge in [-0.15, -0.1) is 0 Å². The van der Waals surface area contributed by atoms with Crippen molar-refractivity contribution in [1.82, 2.24) is 0 Å². The third-order valence-corrected chi connectivity index (χ3v) is 1.83. The fourth-order valence-electron chi connectivity index (χ4n) is 1.21. The molecule has 0 aromatic heterocycles. The van der Waals surface area contributed by atoms with E-state index in [0.717, 1.165) is 10.8 Å². The van der Waals surface area contributed by atoms with E-state index in [-0.39, 0.29) is 0 Å². The maximum Gasteiger partial charge on any atom is 0.0571 e. The Balaban J connectivity index is 2.94. The largest absolute Gasteiger partial charge is 0.398 e. The quantitative estimate of drug-likeness (QED) is 0.569. The van der Waals surface area contributed by atoms with Crippen molar-refractivity contribution in [3.8, 4) is 0 Å². The molecule has 0 aliphatic rings. The molecule has 0 fully saturated rings. The standard InChI is InChI=1S/C10H8N2/c11-9-5-1-3-7-8(9)4-2-6-10(7)12/h1,3,5-6H,11-12H2. The van der Waals surface area contributed by atoms with Crippen molar-refractivity contribution in [3.05, 3.63) is 36.4 Å². The highest BCUT2D eigenvalue weighted by atomic mass is 14.6. The number of benzene rings is 1. The van der Waals surface area contributed by atoms with Crippen LogP contribution in [0.15, 0.2) is 24.3 Å². The monoisotopic (exact) mass is 156 g/mol. The van der Waals surface area contributed by atoms with Crippen molar-refractivity contribution < 1.29 is 0 Å². The molecular weight excluding hydrogens is 148 g/mol. The maximum absolute atomic E-state index is 5.72. The first-order chi connectivity index (χ1) is 5.79. The highest BCUT2D eigenvalue weighted by Crippen LogP contribution is 2.22. The summed E-state index contributed by atoms with van der Waals surface area (Å²) in [6, 6.07) is 13.1. The molecule has 0 heterocycles. The molecule has 2 nitrogen and oxygen atoms in total. The lowest BCUT2D eigenvalue weighted by molar-refractivity contribution is 1.73. The van der Waals surface area contributed by atoms with E-state index in [9.17, 15) is 0 Å². The summed E-state index contributed by atoms with van der Waals surface area (Å²) < 4.78 is 0. The first-order valence-electron chi connectivity index (χ1n) is 3.65. The molecule has 0 amide bonds. The highest BCUT2D eigenvalue weighted by Gasteiger charge is 1.97. The van der Waals surface area contributed by atoms with Crippen LogP contribution in [0.2, 0.25) is 0 Å². The van der Waals surface area contributed by atoms with Gasteiger partial charge in [0.2, 0.25) is 0 Å². The number of anilines is 2. The fraction of sp³-hybridized carbons (Fsp3) is 0. The Morgan fingerprint density at radius 3 is 2.67 bits per heavy atom. The van der Waals surface area contributed by atoms with Crippen molar-refractivity contribution in [1.29, 1.82) is 0 Å². The van der Waals surface area contributed by atoms with Crippen molar-refractivity contribution >= 4 is 22.1 Å². The van der Waals surface area contributed by atoms with Crippen LogP contribution in [0.3, 0.4) is 0 Å². The molecule has 4 N–H and O–H groups in total. The summed E-state index contributed by atoms with van der Waals surface area (Å²) in [7, 11) is 0. The summed E-state index contributed by atoms with van der Waals surface area (Å²) >= 11 is 0. The zero-order valence-electron chi connectivity index (χ0n) is 6.46. The van der Waals surface area contributed by atoms with Crippen LogP contribution in [-0.4, -0.2) is 0 Å². The molecule has 0 spiro atoms. The molecule has 2 rings (SSSR count). The molecule has 0 aliphatic heterocycles. The van der Waals surface area contributed by atoms with Crippen LogP contribution in [0.25, 0.3) is 10.8 Å². The number of nitrogen functional groups attached to an aromatic ring is 2. The van der Waals surface area contributed by atoms with E-state index in [0.29, 0.717) is 11.4 Å². The Morgan fingerprint density at radius 2 is 1.92 bits per heavy atom. The predicted octanol–water partition coefficient (Wildman–Crippen LogP) is 1.60. The first kappa shape index (κ1) is 6.81. The third kappa shape index (κ3) is 0.841. The van der Waals surface area contributed by atoms with Crippen molar-refractivity contribution in [2.75, 3.05) is 11.5 Å². The summed E-state index contributed by atoms with van der Waals surface area (Å²) in [5.41, 5.74) is 12.8. The molecule has 58 valence electrons. The Morgan fingerprint density at radius 1 is 1.08 bits per heavy atom. The maximum atomic E-state index is 5.72. The lowest BCUT2D eigenvalue weighted by atomic mass is 10.1. The van der Waals surface area contributed by atoms with Gasteiger partial charge in [0, 0.05) is 22.8 Å². The van der Waals surface area contributed by atoms with Crippen LogP contribution in [0.4, 0.5) is 11.4 Å². The Bertz CT molecular complexity index is 380. The fourth-order valence-corrected chi connectivity index (χ4v) is 1.21. The molecule has 0 unspecified atom stereocenters. The van der Waals surface area contributed by atoms with Gasteiger partial charge in [-0.05, 0) is 6.07 Å². The smallest absolute Gasteiger partial charge is 0.0571 e. The molecule has 0 aliphatic carbocycles. The Labute approximate surface area is 70.8 Å². The van der Waals surface area contributed by atoms with Gasteiger partial charge in [0.05, 0.1) is 5.39 Å². The van der Waals surface area contributed by atoms with Crippen LogP contribution >= 0.6 is 0 Å². The number of hydrogen-bond donors (Lipinski definition) is 2. The second-order valence-electron chi connectivity index (χ2n) is 2.64. The highest BCUT2D eigenvalue weighted by molar-refractivity contribution is 5.98. The minimum absolute atomic E-state index is 0.691. The van der Waals surface area contributed by atoms with E-state index in [1.807, 2.05) is 18.2 Å². The lowest BCUT2D eigenvalue weighted by Gasteiger charge is -1.99. The van der Waals surface area contributed by atoms with Crippen LogP contribution in [0.1, 0.15) is 0 Å². The van der Waals surface area contributed by atoms with Gasteiger partial charge in [0.15, 0.2) is 0 Å². The molecule has 2 aromatic rings. The van der Waals surface area contributed by atoms with E-state index in [1.165, 1.54) is 0 Å². The molecule has 0 saturated carbocycles. The second-order valence-corrected chi connectivity index (χ2v) is 2.64. The number of hydrogen-bond acceptors (Lipinski definition) is 2. The van der Waals surface area contributed by atoms with E-state index >= 15 is 0 Å². The van der Waals surface area contributed by atoms with Gasteiger partial charge in [-0.25, -0.2) is 0 Å². The minimum Gasteiger partial charge on any atom is -0.398 e. The van der Waals surface area contributed by atoms with Crippen LogP contribution in [0, 0.1) is 12.1 Å². The summed E-state index contributed by atoms with van der Waals surface area (Å²) in [5, 5.41) is 1.78. The minimum atomic E-state index is 0.691. The molecule has 0 radical (unpaired) electrons. The SMILES string of the molecule is Nc1cccc2c(N)cc#cc12. The molecule has 2 aromatic carbocycles. The van der Waals surface area contributed by atoms with E-state index in [2.05, 4.69) is 12.1 Å². The normalized spacial score (nSPS) is 9.67. The summed E-state index contributed by atoms with van der Waals surface area (Å²) in [6.07, 6.45) is 0. The number of nitrogens with two attached hydrogens (primary N) is 2. The molecule has 0 saturated heterocycles. The molecule has 12 heavy (non-hydrogen) atoms. The van der Waals surface area contributed by atoms with E-state index in [1.54, 1.807) is 6.07 Å². The Kier molecular flexibility index (Phi) is 1.31. The first-order valence-corrected chi connectivity index (χ1v) is 3.65. The lowest BCUT2D eigenvalue weighted by Crippen LogP contribution is -1.89. The van der Waals surface area contributed by atoms with Gasteiger partial charge in [0.25, 0.3) is 0 Å². The van der Waals surface area contributed by atoms with Gasteiger partial charge in [-0.1, -0.05) is 24.3 Å². The zero-order chi connectivity index (χ0) is 8.55. The Hall–Kier alpha value is -1.88. The van der Waals surface area contributed by atoms with Gasteiger partial charge in [-0.2, -0.15) is 0 Å². The van der Waals surface area contributed by atoms with Crippen LogP contribution in [0.5, 0.6) is 0 Å². The molecule has 2 heteroatoms. The van der Waals surface area contributed by atoms with Gasteiger partial charge < -0.3 is 11.5 Å². The third-order valence-electron chi connectivity index (χ3n) is 1.83. The van der Waals surface area contributed by atoms with E-state index < -0.39 is 0 Å². The summed E-state index contributed by atoms with van der Waals surface area (Å²) in [4.78, 5) is 0. The zero-order valence-corrected chi connectivity index (χ0v) is 6.46. The second kappa shape index (κ2) is 2.31. The summed E-state index contributed by atoms with van der Waals surface area (Å²) in [5.74, 6) is 0. The molecule has 0 bridgehead atoms. The van der Waals surface area contributed by atoms with Crippen LogP contribution < -0.4 is 11.5 Å². The topological polar surface area (TPSA) is 52.0 Å². The van der Waals surface area contributed by atoms with Gasteiger partial charge >= 0.3 is 0 Å². The summed E-state index contributed by atoms with van der Waals surface area (Å²) in [6.45, 7) is 0. The van der Waals surface area contributed by atoms with Crippen molar-refractivity contribution in [2.24, 2.45) is 0 Å². The number of fused-ring (bicyclic) bond motifs is 1. The average molecular weight is 156 g/mol. The van der Waals surface area contributed by atoms with Crippen molar-refractivity contribution in [3.63, 3.8) is 0 Å². The van der Waals surface area contributed by atoms with Gasteiger partial charge in [0.1, 0.15) is 0 Å². The van der Waals surface area contributed by atoms with E-state index in [4.69, 9.17) is 11.5 Å². The van der Waals surface area contributed by atoms with Crippen LogP contribution in [-0.2, 0) is 0 Å². The van der Waals surface area contributed by atoms with Crippen molar-refractivity contribution in [2.45, 2.75) is 0 Å². The predicted molar refractivity (Wildman–Crippen MR) is 50.4 cm³/mol. The van der Waals surface area contributed by atoms with Gasteiger partial charge in [-0.3, -0.25) is 0 Å². The number of rotatable bonds is 0. The molecule has 0 atom stereocenters.